The molecular weight excluding hydrogens is 394 g/mol. The first-order valence-electron chi connectivity index (χ1n) is 8.98. The summed E-state index contributed by atoms with van der Waals surface area (Å²) in [6, 6.07) is 8.90. The van der Waals surface area contributed by atoms with Gasteiger partial charge in [0.1, 0.15) is 5.01 Å². The first-order valence-corrected chi connectivity index (χ1v) is 10.8. The van der Waals surface area contributed by atoms with Gasteiger partial charge in [0.25, 0.3) is 11.1 Å². The van der Waals surface area contributed by atoms with Gasteiger partial charge in [-0.3, -0.25) is 14.2 Å². The van der Waals surface area contributed by atoms with Gasteiger partial charge in [-0.05, 0) is 32.4 Å². The third-order valence-corrected chi connectivity index (χ3v) is 6.60. The van der Waals surface area contributed by atoms with Crippen LogP contribution in [0.2, 0.25) is 0 Å². The second-order valence-corrected chi connectivity index (χ2v) is 8.54. The molecule has 0 aliphatic rings. The summed E-state index contributed by atoms with van der Waals surface area (Å²) in [6.45, 7) is 5.86. The lowest BCUT2D eigenvalue weighted by Gasteiger charge is -2.17. The fraction of sp³-hybridized carbons (Fsp3) is 0.316. The minimum atomic E-state index is -0.185. The van der Waals surface area contributed by atoms with E-state index < -0.39 is 0 Å². The predicted molar refractivity (Wildman–Crippen MR) is 112 cm³/mol. The van der Waals surface area contributed by atoms with E-state index in [4.69, 9.17) is 4.98 Å². The highest BCUT2D eigenvalue weighted by Crippen LogP contribution is 2.26. The van der Waals surface area contributed by atoms with Gasteiger partial charge in [-0.2, -0.15) is 9.61 Å². The van der Waals surface area contributed by atoms with E-state index >= 15 is 0 Å². The molecule has 144 valence electrons. The second-order valence-electron chi connectivity index (χ2n) is 6.56. The second kappa shape index (κ2) is 7.48. The number of aromatic nitrogens is 5. The summed E-state index contributed by atoms with van der Waals surface area (Å²) >= 11 is 2.83. The topological polar surface area (TPSA) is 82.2 Å². The molecule has 9 heteroatoms. The van der Waals surface area contributed by atoms with Crippen LogP contribution in [0.1, 0.15) is 37.0 Å². The van der Waals surface area contributed by atoms with Gasteiger partial charge in [-0.25, -0.2) is 9.97 Å². The van der Waals surface area contributed by atoms with Gasteiger partial charge in [0, 0.05) is 17.8 Å². The first kappa shape index (κ1) is 18.8. The van der Waals surface area contributed by atoms with E-state index in [1.54, 1.807) is 11.5 Å². The molecule has 4 aromatic rings. The van der Waals surface area contributed by atoms with Gasteiger partial charge in [-0.15, -0.1) is 0 Å². The Morgan fingerprint density at radius 1 is 1.21 bits per heavy atom. The highest BCUT2D eigenvalue weighted by atomic mass is 32.2. The summed E-state index contributed by atoms with van der Waals surface area (Å²) in [5.41, 5.74) is 1.15. The number of fused-ring (bicyclic) bond motifs is 2. The molecule has 0 aliphatic carbocycles. The molecule has 0 bridgehead atoms. The minimum Gasteiger partial charge on any atom is -0.284 e. The van der Waals surface area contributed by atoms with Crippen molar-refractivity contribution in [3.63, 3.8) is 0 Å². The van der Waals surface area contributed by atoms with Crippen molar-refractivity contribution in [2.24, 2.45) is 0 Å². The molecule has 0 spiro atoms. The number of para-hydroxylation sites is 1. The lowest BCUT2D eigenvalue weighted by Crippen LogP contribution is -2.26. The van der Waals surface area contributed by atoms with Crippen molar-refractivity contribution in [1.82, 2.24) is 24.1 Å². The van der Waals surface area contributed by atoms with Gasteiger partial charge in [0.2, 0.25) is 4.96 Å². The summed E-state index contributed by atoms with van der Waals surface area (Å²) < 4.78 is 3.08. The third-order valence-electron chi connectivity index (χ3n) is 4.55. The molecule has 0 radical (unpaired) electrons. The molecule has 0 amide bonds. The standard InChI is InChI=1S/C19H19N5O2S2/c1-4-12(3)23-17(26)13-7-5-6-8-14(13)21-18(23)27-10-15-22-24-16(25)9-11(2)20-19(24)28-15/h5-9,12H,4,10H2,1-3H3/t12-/m0/s1. The highest BCUT2D eigenvalue weighted by molar-refractivity contribution is 7.98. The van der Waals surface area contributed by atoms with Gasteiger partial charge in [-0.1, -0.05) is 42.2 Å². The smallest absolute Gasteiger partial charge is 0.275 e. The van der Waals surface area contributed by atoms with Crippen LogP contribution in [0.15, 0.2) is 45.1 Å². The van der Waals surface area contributed by atoms with E-state index in [9.17, 15) is 9.59 Å². The molecular formula is C19H19N5O2S2. The molecule has 3 heterocycles. The zero-order valence-electron chi connectivity index (χ0n) is 15.7. The molecule has 0 saturated heterocycles. The fourth-order valence-electron chi connectivity index (χ4n) is 2.94. The number of benzene rings is 1. The number of hydrogen-bond donors (Lipinski definition) is 0. The molecule has 0 unspecified atom stereocenters. The molecule has 1 aromatic carbocycles. The van der Waals surface area contributed by atoms with E-state index in [2.05, 4.69) is 17.0 Å². The summed E-state index contributed by atoms with van der Waals surface area (Å²) in [7, 11) is 0. The highest BCUT2D eigenvalue weighted by Gasteiger charge is 2.16. The van der Waals surface area contributed by atoms with Crippen molar-refractivity contribution in [2.45, 2.75) is 44.1 Å². The van der Waals surface area contributed by atoms with Gasteiger partial charge >= 0.3 is 0 Å². The van der Waals surface area contributed by atoms with Crippen molar-refractivity contribution in [1.29, 1.82) is 0 Å². The van der Waals surface area contributed by atoms with Crippen molar-refractivity contribution in [2.75, 3.05) is 0 Å². The van der Waals surface area contributed by atoms with E-state index in [0.29, 0.717) is 32.5 Å². The van der Waals surface area contributed by atoms with E-state index in [0.717, 1.165) is 11.4 Å². The Balaban J connectivity index is 1.74. The number of hydrogen-bond acceptors (Lipinski definition) is 7. The molecule has 28 heavy (non-hydrogen) atoms. The number of rotatable bonds is 5. The van der Waals surface area contributed by atoms with Gasteiger partial charge < -0.3 is 0 Å². The first-order chi connectivity index (χ1) is 13.5. The van der Waals surface area contributed by atoms with Crippen LogP contribution in [-0.2, 0) is 5.75 Å². The van der Waals surface area contributed by atoms with Crippen LogP contribution in [0.4, 0.5) is 0 Å². The molecule has 1 atom stereocenters. The number of aryl methyl sites for hydroxylation is 1. The van der Waals surface area contributed by atoms with Crippen LogP contribution in [0.5, 0.6) is 0 Å². The Morgan fingerprint density at radius 2 is 2.00 bits per heavy atom. The molecule has 7 nitrogen and oxygen atoms in total. The zero-order chi connectivity index (χ0) is 19.8. The average Bonchev–Trinajstić information content (AvgIpc) is 3.09. The average molecular weight is 414 g/mol. The largest absolute Gasteiger partial charge is 0.284 e. The number of thioether (sulfide) groups is 1. The Morgan fingerprint density at radius 3 is 2.79 bits per heavy atom. The van der Waals surface area contributed by atoms with Crippen LogP contribution in [-0.4, -0.2) is 24.1 Å². The maximum Gasteiger partial charge on any atom is 0.275 e. The third kappa shape index (κ3) is 3.35. The van der Waals surface area contributed by atoms with Crippen LogP contribution in [0.25, 0.3) is 15.9 Å². The fourth-order valence-corrected chi connectivity index (χ4v) is 4.97. The Kier molecular flexibility index (Phi) is 5.03. The predicted octanol–water partition coefficient (Wildman–Crippen LogP) is 3.43. The van der Waals surface area contributed by atoms with E-state index in [1.807, 2.05) is 31.2 Å². The van der Waals surface area contributed by atoms with Crippen LogP contribution < -0.4 is 11.1 Å². The maximum absolute atomic E-state index is 13.0. The normalized spacial score (nSPS) is 12.7. The quantitative estimate of drug-likeness (QED) is 0.368. The Labute approximate surface area is 169 Å². The Bertz CT molecular complexity index is 1290. The van der Waals surface area contributed by atoms with Crippen molar-refractivity contribution >= 4 is 39.0 Å². The lowest BCUT2D eigenvalue weighted by molar-refractivity contribution is 0.468. The van der Waals surface area contributed by atoms with Crippen molar-refractivity contribution in [3.05, 3.63) is 61.7 Å². The van der Waals surface area contributed by atoms with Crippen molar-refractivity contribution < 1.29 is 0 Å². The zero-order valence-corrected chi connectivity index (χ0v) is 17.4. The minimum absolute atomic E-state index is 0.0275. The van der Waals surface area contributed by atoms with Gasteiger partial charge in [0.05, 0.1) is 16.7 Å². The molecule has 0 aliphatic heterocycles. The molecule has 0 fully saturated rings. The summed E-state index contributed by atoms with van der Waals surface area (Å²) in [5, 5.41) is 6.42. The Hall–Kier alpha value is -2.52. The summed E-state index contributed by atoms with van der Waals surface area (Å²) in [4.78, 5) is 34.8. The van der Waals surface area contributed by atoms with Gasteiger partial charge in [0.15, 0.2) is 5.16 Å². The molecule has 3 aromatic heterocycles. The molecule has 4 rings (SSSR count). The lowest BCUT2D eigenvalue weighted by atomic mass is 10.2. The molecule has 0 N–H and O–H groups in total. The van der Waals surface area contributed by atoms with E-state index in [-0.39, 0.29) is 17.2 Å². The monoisotopic (exact) mass is 413 g/mol. The molecule has 0 saturated carbocycles. The SMILES string of the molecule is CC[C@H](C)n1c(SCc2nn3c(=O)cc(C)nc3s2)nc2ccccc2c1=O. The summed E-state index contributed by atoms with van der Waals surface area (Å²) in [5.74, 6) is 0.508. The number of nitrogens with zero attached hydrogens (tertiary/aromatic N) is 5. The van der Waals surface area contributed by atoms with E-state index in [1.165, 1.54) is 33.7 Å². The van der Waals surface area contributed by atoms with Crippen LogP contribution >= 0.6 is 23.1 Å². The summed E-state index contributed by atoms with van der Waals surface area (Å²) in [6.07, 6.45) is 0.827. The van der Waals surface area contributed by atoms with Crippen LogP contribution in [0.3, 0.4) is 0 Å². The maximum atomic E-state index is 13.0. The van der Waals surface area contributed by atoms with Crippen LogP contribution in [0, 0.1) is 6.92 Å². The van der Waals surface area contributed by atoms with Crippen molar-refractivity contribution in [3.8, 4) is 0 Å².